The third-order valence-corrected chi connectivity index (χ3v) is 4.98. The van der Waals surface area contributed by atoms with Crippen molar-refractivity contribution in [2.24, 2.45) is 17.6 Å². The quantitative estimate of drug-likeness (QED) is 0.174. The van der Waals surface area contributed by atoms with E-state index < -0.39 is 66.2 Å². The van der Waals surface area contributed by atoms with Gasteiger partial charge in [0.2, 0.25) is 17.7 Å². The van der Waals surface area contributed by atoms with E-state index in [1.165, 1.54) is 0 Å². The number of carboxylic acid groups (broad SMARTS) is 2. The lowest BCUT2D eigenvalue weighted by molar-refractivity contribution is -0.144. The highest BCUT2D eigenvalue weighted by molar-refractivity contribution is 7.80. The molecule has 0 aromatic heterocycles. The third kappa shape index (κ3) is 8.99. The predicted octanol–water partition coefficient (Wildman–Crippen LogP) is -1.04. The van der Waals surface area contributed by atoms with Crippen LogP contribution in [-0.4, -0.2) is 69.8 Å². The number of aliphatic carboxylic acids is 2. The lowest BCUT2D eigenvalue weighted by atomic mass is 9.99. The molecule has 0 fully saturated rings. The Kier molecular flexibility index (Phi) is 12.0. The van der Waals surface area contributed by atoms with E-state index >= 15 is 0 Å². The summed E-state index contributed by atoms with van der Waals surface area (Å²) in [5.74, 6) is -5.78. The highest BCUT2D eigenvalue weighted by atomic mass is 32.1. The van der Waals surface area contributed by atoms with Crippen LogP contribution in [0.1, 0.15) is 40.5 Å². The van der Waals surface area contributed by atoms with E-state index in [0.29, 0.717) is 6.42 Å². The molecule has 0 bridgehead atoms. The summed E-state index contributed by atoms with van der Waals surface area (Å²) in [4.78, 5) is 59.5. The Labute approximate surface area is 180 Å². The summed E-state index contributed by atoms with van der Waals surface area (Å²) < 4.78 is 0. The Bertz CT molecular complexity index is 644. The van der Waals surface area contributed by atoms with Gasteiger partial charge in [-0.15, -0.1) is 0 Å². The van der Waals surface area contributed by atoms with Gasteiger partial charge < -0.3 is 31.9 Å². The number of amides is 3. The van der Waals surface area contributed by atoms with Crippen molar-refractivity contribution in [1.29, 1.82) is 0 Å². The fraction of sp³-hybridized carbons (Fsp3) is 0.722. The van der Waals surface area contributed by atoms with Gasteiger partial charge in [-0.2, -0.15) is 12.6 Å². The molecule has 11 nitrogen and oxygen atoms in total. The number of nitrogens with one attached hydrogen (secondary N) is 3. The molecule has 30 heavy (non-hydrogen) atoms. The first-order valence-corrected chi connectivity index (χ1v) is 10.2. The lowest BCUT2D eigenvalue weighted by Gasteiger charge is -2.25. The minimum absolute atomic E-state index is 0.178. The van der Waals surface area contributed by atoms with Gasteiger partial charge in [-0.1, -0.05) is 34.1 Å². The third-order valence-electron chi connectivity index (χ3n) is 4.62. The van der Waals surface area contributed by atoms with Crippen LogP contribution < -0.4 is 21.7 Å². The molecular formula is C18H32N4O7S. The molecule has 0 rings (SSSR count). The second kappa shape index (κ2) is 13.1. The van der Waals surface area contributed by atoms with E-state index in [2.05, 4.69) is 28.6 Å². The maximum absolute atomic E-state index is 12.5. The van der Waals surface area contributed by atoms with E-state index in [-0.39, 0.29) is 11.7 Å². The van der Waals surface area contributed by atoms with E-state index in [0.717, 1.165) is 0 Å². The first-order chi connectivity index (χ1) is 13.8. The largest absolute Gasteiger partial charge is 0.481 e. The number of hydrogen-bond acceptors (Lipinski definition) is 7. The van der Waals surface area contributed by atoms with E-state index in [1.807, 2.05) is 6.92 Å². The predicted molar refractivity (Wildman–Crippen MR) is 112 cm³/mol. The lowest BCUT2D eigenvalue weighted by Crippen LogP contribution is -2.58. The van der Waals surface area contributed by atoms with Crippen molar-refractivity contribution in [3.8, 4) is 0 Å². The minimum atomic E-state index is -1.47. The van der Waals surface area contributed by atoms with Crippen LogP contribution >= 0.6 is 12.6 Å². The first kappa shape index (κ1) is 27.7. The Morgan fingerprint density at radius 1 is 0.900 bits per heavy atom. The van der Waals surface area contributed by atoms with Gasteiger partial charge in [0.25, 0.3) is 0 Å². The second-order valence-electron chi connectivity index (χ2n) is 7.38. The van der Waals surface area contributed by atoms with Crippen molar-refractivity contribution in [3.63, 3.8) is 0 Å². The summed E-state index contributed by atoms with van der Waals surface area (Å²) in [7, 11) is 0. The number of carboxylic acids is 2. The van der Waals surface area contributed by atoms with Crippen molar-refractivity contribution in [2.75, 3.05) is 5.75 Å². The molecule has 0 aromatic carbocycles. The Balaban J connectivity index is 5.30. The summed E-state index contributed by atoms with van der Waals surface area (Å²) >= 11 is 3.99. The van der Waals surface area contributed by atoms with Crippen LogP contribution in [0.25, 0.3) is 0 Å². The number of hydrogen-bond donors (Lipinski definition) is 7. The van der Waals surface area contributed by atoms with Gasteiger partial charge in [0.1, 0.15) is 18.1 Å². The van der Waals surface area contributed by atoms with Gasteiger partial charge >= 0.3 is 11.9 Å². The minimum Gasteiger partial charge on any atom is -0.481 e. The van der Waals surface area contributed by atoms with Crippen LogP contribution in [0.2, 0.25) is 0 Å². The Morgan fingerprint density at radius 3 is 1.80 bits per heavy atom. The number of carbonyl (C=O) groups is 5. The average Bonchev–Trinajstić information content (AvgIpc) is 2.66. The highest BCUT2D eigenvalue weighted by Gasteiger charge is 2.32. The summed E-state index contributed by atoms with van der Waals surface area (Å²) in [6.45, 7) is 6.78. The summed E-state index contributed by atoms with van der Waals surface area (Å²) in [5.41, 5.74) is 5.81. The zero-order valence-corrected chi connectivity index (χ0v) is 18.4. The molecule has 3 amide bonds. The normalized spacial score (nSPS) is 16.0. The van der Waals surface area contributed by atoms with Gasteiger partial charge in [-0.05, 0) is 11.8 Å². The van der Waals surface area contributed by atoms with Crippen molar-refractivity contribution < 1.29 is 34.2 Å². The average molecular weight is 449 g/mol. The van der Waals surface area contributed by atoms with Crippen molar-refractivity contribution >= 4 is 42.3 Å². The topological polar surface area (TPSA) is 188 Å². The number of nitrogens with two attached hydrogens (primary N) is 1. The van der Waals surface area contributed by atoms with Crippen LogP contribution in [0.4, 0.5) is 0 Å². The molecule has 0 spiro atoms. The van der Waals surface area contributed by atoms with E-state index in [1.54, 1.807) is 20.8 Å². The molecule has 0 aliphatic carbocycles. The molecule has 0 saturated heterocycles. The zero-order valence-electron chi connectivity index (χ0n) is 17.5. The molecule has 0 heterocycles. The van der Waals surface area contributed by atoms with Gasteiger partial charge in [0.05, 0.1) is 12.5 Å². The van der Waals surface area contributed by atoms with Gasteiger partial charge in [0, 0.05) is 5.75 Å². The molecule has 5 atom stereocenters. The molecule has 172 valence electrons. The number of carbonyl (C=O) groups excluding carboxylic acids is 3. The molecule has 0 radical (unpaired) electrons. The van der Waals surface area contributed by atoms with Crippen LogP contribution in [0.15, 0.2) is 0 Å². The standard InChI is InChI=1S/C18H32N4O7S/c1-5-9(4)13(19)17(27)20-10(6-12(23)24)15(25)21-11(7-30)16(26)22-14(8(2)3)18(28)29/h8-11,13-14,30H,5-7,19H2,1-4H3,(H,20,27)(H,21,25)(H,22,26)(H,23,24)(H,28,29). The fourth-order valence-corrected chi connectivity index (χ4v) is 2.66. The molecule has 0 saturated carbocycles. The molecule has 0 aliphatic heterocycles. The van der Waals surface area contributed by atoms with Gasteiger partial charge in [-0.3, -0.25) is 19.2 Å². The van der Waals surface area contributed by atoms with Crippen LogP contribution in [0.3, 0.4) is 0 Å². The van der Waals surface area contributed by atoms with Crippen LogP contribution in [0, 0.1) is 11.8 Å². The second-order valence-corrected chi connectivity index (χ2v) is 7.75. The van der Waals surface area contributed by atoms with Gasteiger partial charge in [-0.25, -0.2) is 4.79 Å². The van der Waals surface area contributed by atoms with Crippen molar-refractivity contribution in [1.82, 2.24) is 16.0 Å². The maximum Gasteiger partial charge on any atom is 0.326 e. The number of rotatable bonds is 13. The summed E-state index contributed by atoms with van der Waals surface area (Å²) in [5, 5.41) is 25.2. The van der Waals surface area contributed by atoms with E-state index in [9.17, 15) is 29.1 Å². The van der Waals surface area contributed by atoms with Crippen molar-refractivity contribution in [3.05, 3.63) is 0 Å². The zero-order chi connectivity index (χ0) is 23.6. The SMILES string of the molecule is CCC(C)C(N)C(=O)NC(CC(=O)O)C(=O)NC(CS)C(=O)NC(C(=O)O)C(C)C. The number of thiol groups is 1. The Hall–Kier alpha value is -2.34. The molecule has 0 aromatic rings. The van der Waals surface area contributed by atoms with Crippen LogP contribution in [-0.2, 0) is 24.0 Å². The summed E-state index contributed by atoms with van der Waals surface area (Å²) in [6.07, 6.45) is -0.123. The van der Waals surface area contributed by atoms with Crippen LogP contribution in [0.5, 0.6) is 0 Å². The summed E-state index contributed by atoms with van der Waals surface area (Å²) in [6, 6.07) is -4.83. The molecule has 12 heteroatoms. The first-order valence-electron chi connectivity index (χ1n) is 9.57. The Morgan fingerprint density at radius 2 is 1.40 bits per heavy atom. The molecule has 7 N–H and O–H groups in total. The van der Waals surface area contributed by atoms with E-state index in [4.69, 9.17) is 10.8 Å². The smallest absolute Gasteiger partial charge is 0.326 e. The molecular weight excluding hydrogens is 416 g/mol. The van der Waals surface area contributed by atoms with Crippen molar-refractivity contribution in [2.45, 2.75) is 64.7 Å². The molecule has 5 unspecified atom stereocenters. The van der Waals surface area contributed by atoms with Gasteiger partial charge in [0.15, 0.2) is 0 Å². The molecule has 0 aliphatic rings. The monoisotopic (exact) mass is 448 g/mol. The highest BCUT2D eigenvalue weighted by Crippen LogP contribution is 2.07. The fourth-order valence-electron chi connectivity index (χ4n) is 2.40. The maximum atomic E-state index is 12.5.